The Morgan fingerprint density at radius 1 is 1.22 bits per heavy atom. The molecule has 3 atom stereocenters. The molecule has 1 amide bonds. The number of primary amides is 1. The van der Waals surface area contributed by atoms with Gasteiger partial charge in [0.25, 0.3) is 5.91 Å². The Labute approximate surface area is 188 Å². The summed E-state index contributed by atoms with van der Waals surface area (Å²) >= 11 is 0. The predicted octanol–water partition coefficient (Wildman–Crippen LogP) is 2.27. The summed E-state index contributed by atoms with van der Waals surface area (Å²) in [4.78, 5) is 36.8. The van der Waals surface area contributed by atoms with Crippen molar-refractivity contribution in [3.63, 3.8) is 0 Å². The fraction of sp³-hybridized carbons (Fsp3) is 0.478. The van der Waals surface area contributed by atoms with E-state index in [0.717, 1.165) is 30.2 Å². The molecule has 1 fully saturated rings. The van der Waals surface area contributed by atoms with Crippen LogP contribution in [0.2, 0.25) is 0 Å². The number of hydrogen-bond acceptors (Lipinski definition) is 8. The molecule has 1 saturated carbocycles. The zero-order valence-corrected chi connectivity index (χ0v) is 18.6. The number of amides is 1. The number of anilines is 1. The summed E-state index contributed by atoms with van der Waals surface area (Å²) in [6.45, 7) is 0.606. The van der Waals surface area contributed by atoms with Gasteiger partial charge in [-0.25, -0.2) is 19.9 Å². The molecule has 2 aromatic heterocycles. The molecule has 3 unspecified atom stereocenters. The minimum atomic E-state index is -0.549. The van der Waals surface area contributed by atoms with Gasteiger partial charge < -0.3 is 16.0 Å². The number of likely N-dealkylation sites (N-methyl/N-ethyl adjacent to an activating group) is 2. The average molecular weight is 435 g/mol. The molecule has 32 heavy (non-hydrogen) atoms. The molecule has 1 aliphatic heterocycles. The maximum absolute atomic E-state index is 12.1. The van der Waals surface area contributed by atoms with E-state index in [9.17, 15) is 4.79 Å². The second-order valence-corrected chi connectivity index (χ2v) is 8.37. The first-order valence-corrected chi connectivity index (χ1v) is 11.1. The fourth-order valence-corrected chi connectivity index (χ4v) is 4.55. The molecule has 0 saturated heterocycles. The summed E-state index contributed by atoms with van der Waals surface area (Å²) in [5, 5.41) is 3.43. The Bertz CT molecular complexity index is 1010. The van der Waals surface area contributed by atoms with Gasteiger partial charge in [-0.05, 0) is 38.1 Å². The van der Waals surface area contributed by atoms with Crippen molar-refractivity contribution in [3.05, 3.63) is 42.0 Å². The number of carbonyl (C=O) groups is 1. The quantitative estimate of drug-likeness (QED) is 0.719. The summed E-state index contributed by atoms with van der Waals surface area (Å²) < 4.78 is 0. The zero-order valence-electron chi connectivity index (χ0n) is 18.6. The molecule has 2 aromatic rings. The summed E-state index contributed by atoms with van der Waals surface area (Å²) in [5.74, 6) is 1.34. The van der Waals surface area contributed by atoms with Crippen molar-refractivity contribution in [1.29, 1.82) is 0 Å². The number of rotatable bonds is 6. The normalized spacial score (nSPS) is 24.4. The van der Waals surface area contributed by atoms with Crippen LogP contribution >= 0.6 is 0 Å². The van der Waals surface area contributed by atoms with Crippen molar-refractivity contribution in [2.45, 2.75) is 50.1 Å². The molecule has 0 aromatic carbocycles. The van der Waals surface area contributed by atoms with Crippen LogP contribution in [0.3, 0.4) is 0 Å². The van der Waals surface area contributed by atoms with Gasteiger partial charge in [-0.3, -0.25) is 9.79 Å². The van der Waals surface area contributed by atoms with Crippen LogP contribution in [-0.4, -0.2) is 65.5 Å². The number of aliphatic imine (C=N–C) groups is 2. The van der Waals surface area contributed by atoms with Gasteiger partial charge >= 0.3 is 0 Å². The molecule has 0 bridgehead atoms. The third-order valence-corrected chi connectivity index (χ3v) is 6.31. The first kappa shape index (κ1) is 22.0. The van der Waals surface area contributed by atoms with E-state index in [1.807, 2.05) is 20.2 Å². The third-order valence-electron chi connectivity index (χ3n) is 6.31. The van der Waals surface area contributed by atoms with E-state index in [0.29, 0.717) is 36.4 Å². The Morgan fingerprint density at radius 2 is 2.00 bits per heavy atom. The Balaban J connectivity index is 1.63. The summed E-state index contributed by atoms with van der Waals surface area (Å²) in [6, 6.07) is 6.09. The minimum Gasteiger partial charge on any atom is -0.365 e. The van der Waals surface area contributed by atoms with Gasteiger partial charge in [0.15, 0.2) is 5.82 Å². The third kappa shape index (κ3) is 4.83. The van der Waals surface area contributed by atoms with Gasteiger partial charge in [0, 0.05) is 56.6 Å². The maximum Gasteiger partial charge on any atom is 0.252 e. The van der Waals surface area contributed by atoms with Gasteiger partial charge in [-0.2, -0.15) is 0 Å². The van der Waals surface area contributed by atoms with Crippen molar-refractivity contribution in [1.82, 2.24) is 20.3 Å². The lowest BCUT2D eigenvalue weighted by atomic mass is 9.89. The molecule has 3 heterocycles. The second-order valence-electron chi connectivity index (χ2n) is 8.37. The van der Waals surface area contributed by atoms with Gasteiger partial charge in [0.2, 0.25) is 0 Å². The highest BCUT2D eigenvalue weighted by Crippen LogP contribution is 2.29. The molecule has 9 nitrogen and oxygen atoms in total. The van der Waals surface area contributed by atoms with Gasteiger partial charge in [0.1, 0.15) is 11.6 Å². The molecule has 0 spiro atoms. The van der Waals surface area contributed by atoms with Crippen molar-refractivity contribution in [3.8, 4) is 0 Å². The SMILES string of the molecule is CNC1CCCCC1N(C)c1ccc(C(N)=O)c(N=C2C=NCC(c3ncccn3)C2)n1. The van der Waals surface area contributed by atoms with Gasteiger partial charge in [0.05, 0.1) is 11.3 Å². The maximum atomic E-state index is 12.1. The first-order valence-electron chi connectivity index (χ1n) is 11.1. The summed E-state index contributed by atoms with van der Waals surface area (Å²) in [7, 11) is 4.06. The van der Waals surface area contributed by atoms with E-state index in [4.69, 9.17) is 15.7 Å². The molecular weight excluding hydrogens is 404 g/mol. The van der Waals surface area contributed by atoms with Crippen molar-refractivity contribution in [2.24, 2.45) is 15.7 Å². The lowest BCUT2D eigenvalue weighted by molar-refractivity contribution is 0.100. The Morgan fingerprint density at radius 3 is 2.75 bits per heavy atom. The van der Waals surface area contributed by atoms with E-state index in [1.165, 1.54) is 12.8 Å². The molecular formula is C23H30N8O. The number of carbonyl (C=O) groups excluding carboxylic acids is 1. The molecule has 168 valence electrons. The number of aromatic nitrogens is 3. The van der Waals surface area contributed by atoms with Crippen LogP contribution in [-0.2, 0) is 0 Å². The highest BCUT2D eigenvalue weighted by molar-refractivity contribution is 6.32. The van der Waals surface area contributed by atoms with Gasteiger partial charge in [-0.15, -0.1) is 0 Å². The van der Waals surface area contributed by atoms with Gasteiger partial charge in [-0.1, -0.05) is 12.8 Å². The lowest BCUT2D eigenvalue weighted by Gasteiger charge is -2.38. The number of hydrogen-bond donors (Lipinski definition) is 2. The first-order chi connectivity index (χ1) is 15.6. The highest BCUT2D eigenvalue weighted by Gasteiger charge is 2.28. The molecule has 4 rings (SSSR count). The molecule has 0 radical (unpaired) electrons. The highest BCUT2D eigenvalue weighted by atomic mass is 16.1. The van der Waals surface area contributed by atoms with E-state index < -0.39 is 5.91 Å². The lowest BCUT2D eigenvalue weighted by Crippen LogP contribution is -2.49. The number of nitrogens with two attached hydrogens (primary N) is 1. The Hall–Kier alpha value is -3.20. The number of nitrogens with one attached hydrogen (secondary N) is 1. The zero-order chi connectivity index (χ0) is 22.5. The van der Waals surface area contributed by atoms with Crippen LogP contribution in [0.5, 0.6) is 0 Å². The smallest absolute Gasteiger partial charge is 0.252 e. The average Bonchev–Trinajstić information content (AvgIpc) is 2.84. The largest absolute Gasteiger partial charge is 0.365 e. The number of nitrogens with zero attached hydrogens (tertiary/aromatic N) is 6. The molecule has 2 aliphatic rings. The Kier molecular flexibility index (Phi) is 6.84. The molecule has 1 aliphatic carbocycles. The summed E-state index contributed by atoms with van der Waals surface area (Å²) in [5.41, 5.74) is 6.66. The van der Waals surface area contributed by atoms with Crippen LogP contribution in [0.1, 0.15) is 54.2 Å². The number of pyridine rings is 1. The van der Waals surface area contributed by atoms with Crippen LogP contribution in [0.25, 0.3) is 0 Å². The second kappa shape index (κ2) is 9.95. The fourth-order valence-electron chi connectivity index (χ4n) is 4.55. The monoisotopic (exact) mass is 434 g/mol. The van der Waals surface area contributed by atoms with E-state index in [2.05, 4.69) is 25.2 Å². The minimum absolute atomic E-state index is 0.0430. The van der Waals surface area contributed by atoms with Crippen molar-refractivity contribution >= 4 is 29.5 Å². The van der Waals surface area contributed by atoms with Crippen LogP contribution in [0, 0.1) is 0 Å². The van der Waals surface area contributed by atoms with Crippen LogP contribution in [0.15, 0.2) is 40.6 Å². The van der Waals surface area contributed by atoms with E-state index in [-0.39, 0.29) is 5.92 Å². The van der Waals surface area contributed by atoms with E-state index in [1.54, 1.807) is 30.7 Å². The molecule has 3 N–H and O–H groups in total. The van der Waals surface area contributed by atoms with E-state index >= 15 is 0 Å². The topological polar surface area (TPSA) is 122 Å². The predicted molar refractivity (Wildman–Crippen MR) is 126 cm³/mol. The molecule has 9 heteroatoms. The van der Waals surface area contributed by atoms with Crippen molar-refractivity contribution < 1.29 is 4.79 Å². The van der Waals surface area contributed by atoms with Crippen LogP contribution < -0.4 is 16.0 Å². The summed E-state index contributed by atoms with van der Waals surface area (Å²) in [6.07, 6.45) is 10.5. The standard InChI is InChI=1S/C23H30N8O/c1-25-18-6-3-4-7-19(18)31(2)20-9-8-17(21(24)32)23(30-20)29-16-12-15(13-26-14-16)22-27-10-5-11-28-22/h5,8-11,14-15,18-19,25H,3-4,6-7,12-13H2,1-2H3,(H2,24,32). The van der Waals surface area contributed by atoms with Crippen molar-refractivity contribution in [2.75, 3.05) is 25.5 Å². The van der Waals surface area contributed by atoms with Crippen LogP contribution in [0.4, 0.5) is 11.6 Å².